The van der Waals surface area contributed by atoms with E-state index in [9.17, 15) is 9.59 Å². The van der Waals surface area contributed by atoms with Gasteiger partial charge in [0.05, 0.1) is 0 Å². The smallest absolute Gasteiger partial charge is 0.233 e. The molecule has 0 heterocycles. The highest BCUT2D eigenvalue weighted by atomic mass is 35.5. The molecule has 0 unspecified atom stereocenters. The van der Waals surface area contributed by atoms with Gasteiger partial charge in [0.25, 0.3) is 0 Å². The second kappa shape index (κ2) is 6.88. The van der Waals surface area contributed by atoms with Gasteiger partial charge in [-0.3, -0.25) is 9.59 Å². The van der Waals surface area contributed by atoms with Crippen molar-refractivity contribution in [2.24, 2.45) is 5.73 Å². The van der Waals surface area contributed by atoms with Crippen LogP contribution < -0.4 is 16.4 Å². The molecule has 0 atom stereocenters. The number of halogens is 1. The molecule has 92 valence electrons. The van der Waals surface area contributed by atoms with Crippen LogP contribution in [0.4, 0.5) is 5.69 Å². The van der Waals surface area contributed by atoms with E-state index < -0.39 is 0 Å². The second-order valence-electron chi connectivity index (χ2n) is 3.37. The zero-order valence-electron chi connectivity index (χ0n) is 9.20. The molecule has 0 bridgehead atoms. The number of anilines is 1. The molecule has 0 spiro atoms. The van der Waals surface area contributed by atoms with Crippen molar-refractivity contribution < 1.29 is 9.59 Å². The van der Waals surface area contributed by atoms with E-state index in [2.05, 4.69) is 10.6 Å². The molecule has 0 saturated heterocycles. The second-order valence-corrected chi connectivity index (χ2v) is 3.81. The Morgan fingerprint density at radius 1 is 1.18 bits per heavy atom. The third-order valence-corrected chi connectivity index (χ3v) is 2.17. The van der Waals surface area contributed by atoms with Crippen molar-refractivity contribution in [2.75, 3.05) is 18.4 Å². The van der Waals surface area contributed by atoms with Crippen LogP contribution in [0.15, 0.2) is 24.3 Å². The summed E-state index contributed by atoms with van der Waals surface area (Å²) in [5.74, 6) is -0.719. The standard InChI is InChI=1S/C11H14ClN3O2/c12-8-1-3-9(4-2-8)15-11(17)7-10(16)14-6-5-13/h1-4H,5-7,13H2,(H,14,16)(H,15,17). The van der Waals surface area contributed by atoms with E-state index in [-0.39, 0.29) is 18.2 Å². The number of carbonyl (C=O) groups is 2. The van der Waals surface area contributed by atoms with Crippen molar-refractivity contribution in [1.29, 1.82) is 0 Å². The van der Waals surface area contributed by atoms with Crippen molar-refractivity contribution in [1.82, 2.24) is 5.32 Å². The number of benzene rings is 1. The van der Waals surface area contributed by atoms with E-state index in [1.807, 2.05) is 0 Å². The van der Waals surface area contributed by atoms with Gasteiger partial charge in [-0.15, -0.1) is 0 Å². The molecule has 17 heavy (non-hydrogen) atoms. The predicted octanol–water partition coefficient (Wildman–Crippen LogP) is 0.743. The summed E-state index contributed by atoms with van der Waals surface area (Å²) in [6, 6.07) is 6.65. The minimum atomic E-state index is -0.373. The summed E-state index contributed by atoms with van der Waals surface area (Å²) in [5, 5.41) is 5.69. The van der Waals surface area contributed by atoms with Crippen LogP contribution in [0.25, 0.3) is 0 Å². The van der Waals surface area contributed by atoms with Crippen LogP contribution >= 0.6 is 11.6 Å². The Kier molecular flexibility index (Phi) is 5.45. The Labute approximate surface area is 104 Å². The molecule has 0 aromatic heterocycles. The molecule has 6 heteroatoms. The number of nitrogens with two attached hydrogens (primary N) is 1. The lowest BCUT2D eigenvalue weighted by Crippen LogP contribution is -2.31. The highest BCUT2D eigenvalue weighted by Gasteiger charge is 2.08. The number of hydrogen-bond acceptors (Lipinski definition) is 3. The number of rotatable bonds is 5. The maximum atomic E-state index is 11.4. The van der Waals surface area contributed by atoms with Crippen LogP contribution in [0.3, 0.4) is 0 Å². The Morgan fingerprint density at radius 3 is 2.41 bits per heavy atom. The molecule has 0 saturated carbocycles. The van der Waals surface area contributed by atoms with E-state index in [0.717, 1.165) is 0 Å². The quantitative estimate of drug-likeness (QED) is 0.679. The fourth-order valence-corrected chi connectivity index (χ4v) is 1.28. The van der Waals surface area contributed by atoms with Gasteiger partial charge >= 0.3 is 0 Å². The highest BCUT2D eigenvalue weighted by molar-refractivity contribution is 6.30. The Bertz CT molecular complexity index is 392. The Morgan fingerprint density at radius 2 is 1.82 bits per heavy atom. The maximum absolute atomic E-state index is 11.4. The monoisotopic (exact) mass is 255 g/mol. The van der Waals surface area contributed by atoms with Gasteiger partial charge in [-0.1, -0.05) is 11.6 Å². The summed E-state index contributed by atoms with van der Waals surface area (Å²) in [4.78, 5) is 22.6. The maximum Gasteiger partial charge on any atom is 0.233 e. The van der Waals surface area contributed by atoms with Gasteiger partial charge in [-0.2, -0.15) is 0 Å². The van der Waals surface area contributed by atoms with Crippen molar-refractivity contribution in [2.45, 2.75) is 6.42 Å². The summed E-state index contributed by atoms with van der Waals surface area (Å²) in [6.45, 7) is 0.720. The lowest BCUT2D eigenvalue weighted by atomic mass is 10.3. The average Bonchev–Trinajstić information content (AvgIpc) is 2.29. The Balaban J connectivity index is 2.39. The molecule has 0 radical (unpaired) electrons. The Hall–Kier alpha value is -1.59. The summed E-state index contributed by atoms with van der Waals surface area (Å²) in [6.07, 6.45) is -0.220. The lowest BCUT2D eigenvalue weighted by molar-refractivity contribution is -0.126. The fraction of sp³-hybridized carbons (Fsp3) is 0.273. The molecule has 0 fully saturated rings. The van der Waals surface area contributed by atoms with E-state index >= 15 is 0 Å². The molecular weight excluding hydrogens is 242 g/mol. The average molecular weight is 256 g/mol. The fourth-order valence-electron chi connectivity index (χ4n) is 1.16. The van der Waals surface area contributed by atoms with E-state index in [1.165, 1.54) is 0 Å². The predicted molar refractivity (Wildman–Crippen MR) is 66.8 cm³/mol. The van der Waals surface area contributed by atoms with Crippen molar-refractivity contribution in [3.63, 3.8) is 0 Å². The van der Waals surface area contributed by atoms with Gasteiger partial charge in [0.1, 0.15) is 6.42 Å². The van der Waals surface area contributed by atoms with Gasteiger partial charge < -0.3 is 16.4 Å². The molecule has 1 aromatic carbocycles. The number of hydrogen-bond donors (Lipinski definition) is 3. The van der Waals surface area contributed by atoms with Crippen LogP contribution in [0, 0.1) is 0 Å². The first-order valence-electron chi connectivity index (χ1n) is 5.14. The summed E-state index contributed by atoms with van der Waals surface area (Å²) in [5.41, 5.74) is 5.82. The van der Waals surface area contributed by atoms with Crippen LogP contribution in [-0.2, 0) is 9.59 Å². The molecule has 2 amide bonds. The molecule has 4 N–H and O–H groups in total. The third kappa shape index (κ3) is 5.33. The first kappa shape index (κ1) is 13.5. The highest BCUT2D eigenvalue weighted by Crippen LogP contribution is 2.13. The third-order valence-electron chi connectivity index (χ3n) is 1.92. The van der Waals surface area contributed by atoms with Gasteiger partial charge in [-0.25, -0.2) is 0 Å². The molecule has 0 aliphatic heterocycles. The molecule has 0 aliphatic carbocycles. The topological polar surface area (TPSA) is 84.2 Å². The molecule has 1 rings (SSSR count). The van der Waals surface area contributed by atoms with Crippen LogP contribution in [0.2, 0.25) is 5.02 Å². The normalized spacial score (nSPS) is 9.76. The zero-order valence-corrected chi connectivity index (χ0v) is 9.96. The van der Waals surface area contributed by atoms with Gasteiger partial charge in [-0.05, 0) is 24.3 Å². The minimum Gasteiger partial charge on any atom is -0.354 e. The van der Waals surface area contributed by atoms with Crippen LogP contribution in [0.1, 0.15) is 6.42 Å². The van der Waals surface area contributed by atoms with Gasteiger partial charge in [0, 0.05) is 23.8 Å². The molecule has 0 aliphatic rings. The first-order chi connectivity index (χ1) is 8.11. The molecule has 1 aromatic rings. The van der Waals surface area contributed by atoms with Gasteiger partial charge in [0.15, 0.2) is 0 Å². The summed E-state index contributed by atoms with van der Waals surface area (Å²) < 4.78 is 0. The number of nitrogens with one attached hydrogen (secondary N) is 2. The van der Waals surface area contributed by atoms with Crippen molar-refractivity contribution in [3.8, 4) is 0 Å². The zero-order chi connectivity index (χ0) is 12.7. The molecule has 5 nitrogen and oxygen atoms in total. The number of amides is 2. The van der Waals surface area contributed by atoms with Crippen LogP contribution in [-0.4, -0.2) is 24.9 Å². The molecular formula is C11H14ClN3O2. The minimum absolute atomic E-state index is 0.220. The number of carbonyl (C=O) groups excluding carboxylic acids is 2. The van der Waals surface area contributed by atoms with Crippen molar-refractivity contribution >= 4 is 29.1 Å². The first-order valence-corrected chi connectivity index (χ1v) is 5.52. The van der Waals surface area contributed by atoms with E-state index in [0.29, 0.717) is 23.8 Å². The lowest BCUT2D eigenvalue weighted by Gasteiger charge is -2.05. The van der Waals surface area contributed by atoms with Crippen molar-refractivity contribution in [3.05, 3.63) is 29.3 Å². The summed E-state index contributed by atoms with van der Waals surface area (Å²) >= 11 is 5.70. The summed E-state index contributed by atoms with van der Waals surface area (Å²) in [7, 11) is 0. The van der Waals surface area contributed by atoms with Gasteiger partial charge in [0.2, 0.25) is 11.8 Å². The van der Waals surface area contributed by atoms with Crippen LogP contribution in [0.5, 0.6) is 0 Å². The largest absolute Gasteiger partial charge is 0.354 e. The SMILES string of the molecule is NCCNC(=O)CC(=O)Nc1ccc(Cl)cc1. The van der Waals surface area contributed by atoms with E-state index in [4.69, 9.17) is 17.3 Å². The van der Waals surface area contributed by atoms with E-state index in [1.54, 1.807) is 24.3 Å².